The summed E-state index contributed by atoms with van der Waals surface area (Å²) in [4.78, 5) is 23.0. The molecule has 0 saturated heterocycles. The molecule has 0 spiro atoms. The lowest BCUT2D eigenvalue weighted by atomic mass is 9.92. The summed E-state index contributed by atoms with van der Waals surface area (Å²) >= 11 is 5.73. The molecular weight excluding hydrogens is 280 g/mol. The maximum atomic E-state index is 11.5. The van der Waals surface area contributed by atoms with E-state index in [1.54, 1.807) is 24.3 Å². The highest BCUT2D eigenvalue weighted by Crippen LogP contribution is 2.17. The van der Waals surface area contributed by atoms with Gasteiger partial charge in [-0.25, -0.2) is 0 Å². The van der Waals surface area contributed by atoms with E-state index < -0.39 is 5.91 Å². The van der Waals surface area contributed by atoms with Gasteiger partial charge in [0.15, 0.2) is 6.61 Å². The van der Waals surface area contributed by atoms with Crippen molar-refractivity contribution in [3.8, 4) is 5.75 Å². The first-order valence-electron chi connectivity index (χ1n) is 6.22. The summed E-state index contributed by atoms with van der Waals surface area (Å²) in [5, 5.41) is 0.594. The van der Waals surface area contributed by atoms with Crippen molar-refractivity contribution in [3.63, 3.8) is 0 Å². The van der Waals surface area contributed by atoms with E-state index in [1.165, 1.54) is 0 Å². The normalized spacial score (nSPS) is 10.8. The minimum Gasteiger partial charge on any atom is -0.484 e. The molecule has 0 radical (unpaired) electrons. The zero-order chi connectivity index (χ0) is 15.2. The molecule has 2 N–H and O–H groups in total. The van der Waals surface area contributed by atoms with Gasteiger partial charge in [0.25, 0.3) is 5.91 Å². The summed E-state index contributed by atoms with van der Waals surface area (Å²) in [6, 6.07) is 6.65. The molecule has 0 aromatic heterocycles. The average molecular weight is 299 g/mol. The van der Waals surface area contributed by atoms with Crippen molar-refractivity contribution in [2.24, 2.45) is 5.41 Å². The van der Waals surface area contributed by atoms with Crippen molar-refractivity contribution in [2.75, 3.05) is 6.61 Å². The number of hydrogen-bond donors (Lipinski definition) is 2. The van der Waals surface area contributed by atoms with Crippen LogP contribution in [0.5, 0.6) is 5.75 Å². The molecular formula is C14H19ClN2O3. The number of ether oxygens (including phenoxy) is 1. The van der Waals surface area contributed by atoms with Crippen LogP contribution in [0.4, 0.5) is 0 Å². The van der Waals surface area contributed by atoms with Crippen molar-refractivity contribution < 1.29 is 14.3 Å². The predicted molar refractivity (Wildman–Crippen MR) is 77.3 cm³/mol. The van der Waals surface area contributed by atoms with Gasteiger partial charge in [-0.2, -0.15) is 0 Å². The second-order valence-electron chi connectivity index (χ2n) is 5.58. The number of carbonyl (C=O) groups excluding carboxylic acids is 2. The molecule has 0 saturated carbocycles. The molecule has 5 nitrogen and oxygen atoms in total. The van der Waals surface area contributed by atoms with Crippen LogP contribution < -0.4 is 15.6 Å². The van der Waals surface area contributed by atoms with E-state index in [4.69, 9.17) is 16.3 Å². The molecule has 110 valence electrons. The van der Waals surface area contributed by atoms with Gasteiger partial charge in [-0.15, -0.1) is 0 Å². The highest BCUT2D eigenvalue weighted by atomic mass is 35.5. The fraction of sp³-hybridized carbons (Fsp3) is 0.429. The Hall–Kier alpha value is -1.75. The summed E-state index contributed by atoms with van der Waals surface area (Å²) in [6.07, 6.45) is 0.325. The Balaban J connectivity index is 2.27. The Bertz CT molecular complexity index is 466. The smallest absolute Gasteiger partial charge is 0.276 e. The van der Waals surface area contributed by atoms with E-state index in [1.807, 2.05) is 20.8 Å². The van der Waals surface area contributed by atoms with E-state index in [0.717, 1.165) is 0 Å². The number of nitrogens with one attached hydrogen (secondary N) is 2. The number of benzene rings is 1. The zero-order valence-corrected chi connectivity index (χ0v) is 12.6. The molecule has 1 rings (SSSR count). The van der Waals surface area contributed by atoms with Crippen molar-refractivity contribution in [1.29, 1.82) is 0 Å². The Morgan fingerprint density at radius 1 is 1.10 bits per heavy atom. The second-order valence-corrected chi connectivity index (χ2v) is 6.01. The molecule has 0 aliphatic heterocycles. The summed E-state index contributed by atoms with van der Waals surface area (Å²) in [5.41, 5.74) is 4.51. The van der Waals surface area contributed by atoms with E-state index >= 15 is 0 Å². The van der Waals surface area contributed by atoms with Crippen molar-refractivity contribution in [1.82, 2.24) is 10.9 Å². The third-order valence-electron chi connectivity index (χ3n) is 2.22. The molecule has 0 aliphatic carbocycles. The number of hydrazine groups is 1. The van der Waals surface area contributed by atoms with E-state index in [2.05, 4.69) is 10.9 Å². The summed E-state index contributed by atoms with van der Waals surface area (Å²) < 4.78 is 5.23. The molecule has 0 bridgehead atoms. The lowest BCUT2D eigenvalue weighted by Crippen LogP contribution is -2.44. The molecule has 1 aromatic carbocycles. The molecule has 1 aromatic rings. The molecule has 0 aliphatic rings. The number of amides is 2. The Kier molecular flexibility index (Phi) is 5.82. The van der Waals surface area contributed by atoms with Crippen molar-refractivity contribution in [3.05, 3.63) is 29.3 Å². The van der Waals surface area contributed by atoms with Gasteiger partial charge in [0.05, 0.1) is 0 Å². The van der Waals surface area contributed by atoms with Crippen LogP contribution in [0.1, 0.15) is 27.2 Å². The highest BCUT2D eigenvalue weighted by molar-refractivity contribution is 6.30. The van der Waals surface area contributed by atoms with Gasteiger partial charge in [-0.3, -0.25) is 20.4 Å². The first-order chi connectivity index (χ1) is 9.26. The molecule has 0 unspecified atom stereocenters. The molecule has 0 fully saturated rings. The number of hydrogen-bond acceptors (Lipinski definition) is 3. The Morgan fingerprint density at radius 3 is 2.20 bits per heavy atom. The fourth-order valence-electron chi connectivity index (χ4n) is 1.38. The van der Waals surface area contributed by atoms with E-state index in [-0.39, 0.29) is 17.9 Å². The summed E-state index contributed by atoms with van der Waals surface area (Å²) in [5.74, 6) is -0.134. The largest absolute Gasteiger partial charge is 0.484 e. The van der Waals surface area contributed by atoms with Crippen LogP contribution in [0, 0.1) is 5.41 Å². The van der Waals surface area contributed by atoms with Crippen molar-refractivity contribution >= 4 is 23.4 Å². The SMILES string of the molecule is CC(C)(C)CC(=O)NNC(=O)COc1ccc(Cl)cc1. The number of halogens is 1. The fourth-order valence-corrected chi connectivity index (χ4v) is 1.51. The molecule has 0 heterocycles. The molecule has 0 atom stereocenters. The van der Waals surface area contributed by atoms with E-state index in [0.29, 0.717) is 17.2 Å². The molecule has 6 heteroatoms. The Morgan fingerprint density at radius 2 is 1.65 bits per heavy atom. The molecule has 2 amide bonds. The zero-order valence-electron chi connectivity index (χ0n) is 11.8. The quantitative estimate of drug-likeness (QED) is 0.838. The maximum Gasteiger partial charge on any atom is 0.276 e. The third-order valence-corrected chi connectivity index (χ3v) is 2.47. The first-order valence-corrected chi connectivity index (χ1v) is 6.60. The topological polar surface area (TPSA) is 67.4 Å². The summed E-state index contributed by atoms with van der Waals surface area (Å²) in [6.45, 7) is 5.64. The van der Waals surface area contributed by atoms with Gasteiger partial charge < -0.3 is 4.74 Å². The van der Waals surface area contributed by atoms with Crippen LogP contribution in [0.15, 0.2) is 24.3 Å². The molecule has 20 heavy (non-hydrogen) atoms. The average Bonchev–Trinajstić information content (AvgIpc) is 2.33. The van der Waals surface area contributed by atoms with Gasteiger partial charge >= 0.3 is 0 Å². The monoisotopic (exact) mass is 298 g/mol. The van der Waals surface area contributed by atoms with Gasteiger partial charge in [-0.05, 0) is 29.7 Å². The van der Waals surface area contributed by atoms with Gasteiger partial charge in [0.1, 0.15) is 5.75 Å². The van der Waals surface area contributed by atoms with Gasteiger partial charge in [-0.1, -0.05) is 32.4 Å². The van der Waals surface area contributed by atoms with Gasteiger partial charge in [0, 0.05) is 11.4 Å². The number of carbonyl (C=O) groups is 2. The van der Waals surface area contributed by atoms with Crippen LogP contribution in [0.2, 0.25) is 5.02 Å². The second kappa shape index (κ2) is 7.14. The lowest BCUT2D eigenvalue weighted by Gasteiger charge is -2.17. The number of rotatable bonds is 4. The predicted octanol–water partition coefficient (Wildman–Crippen LogP) is 2.30. The first kappa shape index (κ1) is 16.3. The van der Waals surface area contributed by atoms with Crippen LogP contribution in [0.3, 0.4) is 0 Å². The maximum absolute atomic E-state index is 11.5. The minimum atomic E-state index is -0.429. The standard InChI is InChI=1S/C14H19ClN2O3/c1-14(2,3)8-12(18)16-17-13(19)9-20-11-6-4-10(15)5-7-11/h4-7H,8-9H2,1-3H3,(H,16,18)(H,17,19). The van der Waals surface area contributed by atoms with Crippen molar-refractivity contribution in [2.45, 2.75) is 27.2 Å². The minimum absolute atomic E-state index is 0.130. The highest BCUT2D eigenvalue weighted by Gasteiger charge is 2.16. The van der Waals surface area contributed by atoms with E-state index in [9.17, 15) is 9.59 Å². The Labute approximate surface area is 123 Å². The lowest BCUT2D eigenvalue weighted by molar-refractivity contribution is -0.130. The van der Waals surface area contributed by atoms with Crippen LogP contribution in [-0.4, -0.2) is 18.4 Å². The van der Waals surface area contributed by atoms with Crippen LogP contribution in [-0.2, 0) is 9.59 Å². The van der Waals surface area contributed by atoms with Crippen LogP contribution in [0.25, 0.3) is 0 Å². The third kappa shape index (κ3) is 6.99. The summed E-state index contributed by atoms with van der Waals surface area (Å²) in [7, 11) is 0. The van der Waals surface area contributed by atoms with Gasteiger partial charge in [0.2, 0.25) is 5.91 Å². The van der Waals surface area contributed by atoms with Crippen LogP contribution >= 0.6 is 11.6 Å².